The van der Waals surface area contributed by atoms with Gasteiger partial charge in [0.1, 0.15) is 5.70 Å². The summed E-state index contributed by atoms with van der Waals surface area (Å²) in [5, 5.41) is 19.9. The number of aliphatic carboxylic acids is 1. The maximum Gasteiger partial charge on any atom is 0.353 e. The quantitative estimate of drug-likeness (QED) is 0.593. The van der Waals surface area contributed by atoms with E-state index in [1.165, 1.54) is 4.90 Å². The molecule has 1 saturated carbocycles. The van der Waals surface area contributed by atoms with Gasteiger partial charge < -0.3 is 20.8 Å². The smallest absolute Gasteiger partial charge is 0.353 e. The van der Waals surface area contributed by atoms with Gasteiger partial charge in [0.2, 0.25) is 5.91 Å². The van der Waals surface area contributed by atoms with Crippen molar-refractivity contribution in [2.45, 2.75) is 62.6 Å². The lowest BCUT2D eigenvalue weighted by atomic mass is 9.79. The lowest BCUT2D eigenvalue weighted by Crippen LogP contribution is -2.63. The van der Waals surface area contributed by atoms with E-state index < -0.39 is 18.0 Å². The van der Waals surface area contributed by atoms with Gasteiger partial charge in [0.05, 0.1) is 18.1 Å². The molecule has 3 aliphatic heterocycles. The van der Waals surface area contributed by atoms with E-state index >= 15 is 0 Å². The Bertz CT molecular complexity index is 661. The van der Waals surface area contributed by atoms with Crippen molar-refractivity contribution in [3.05, 3.63) is 10.6 Å². The number of aliphatic hydroxyl groups excluding tert-OH is 1. The van der Waals surface area contributed by atoms with Crippen LogP contribution in [0.4, 0.5) is 0 Å². The number of thioether (sulfide) groups is 1. The van der Waals surface area contributed by atoms with Crippen LogP contribution in [-0.2, 0) is 9.59 Å². The Balaban J connectivity index is 1.44. The molecule has 0 aromatic heterocycles. The summed E-state index contributed by atoms with van der Waals surface area (Å²) in [4.78, 5) is 28.8. The molecule has 7 nitrogen and oxygen atoms in total. The molecule has 144 valence electrons. The van der Waals surface area contributed by atoms with Gasteiger partial charge in [0.25, 0.3) is 0 Å². The van der Waals surface area contributed by atoms with Gasteiger partial charge in [0.15, 0.2) is 0 Å². The van der Waals surface area contributed by atoms with Crippen molar-refractivity contribution < 1.29 is 19.8 Å². The Morgan fingerprint density at radius 1 is 1.35 bits per heavy atom. The van der Waals surface area contributed by atoms with Crippen LogP contribution in [0.3, 0.4) is 0 Å². The monoisotopic (exact) mass is 381 g/mol. The Morgan fingerprint density at radius 3 is 2.58 bits per heavy atom. The number of fused-ring (bicyclic) bond motifs is 1. The van der Waals surface area contributed by atoms with Crippen molar-refractivity contribution in [3.8, 4) is 0 Å². The fourth-order valence-electron chi connectivity index (χ4n) is 5.02. The molecule has 4 rings (SSSR count). The van der Waals surface area contributed by atoms with Gasteiger partial charge in [-0.2, -0.15) is 0 Å². The highest BCUT2D eigenvalue weighted by Gasteiger charge is 2.60. The third-order valence-electron chi connectivity index (χ3n) is 6.44. The van der Waals surface area contributed by atoms with Crippen LogP contribution in [-0.4, -0.2) is 74.5 Å². The van der Waals surface area contributed by atoms with Crippen molar-refractivity contribution >= 4 is 23.6 Å². The number of β-lactam (4-membered cyclic amide) rings is 1. The van der Waals surface area contributed by atoms with Crippen LogP contribution < -0.4 is 5.73 Å². The van der Waals surface area contributed by atoms with Crippen LogP contribution in [0.2, 0.25) is 0 Å². The summed E-state index contributed by atoms with van der Waals surface area (Å²) in [6.07, 6.45) is 2.54. The topological polar surface area (TPSA) is 107 Å². The first-order valence-corrected chi connectivity index (χ1v) is 10.3. The number of rotatable bonds is 5. The van der Waals surface area contributed by atoms with Crippen molar-refractivity contribution in [2.75, 3.05) is 13.1 Å². The third-order valence-corrected chi connectivity index (χ3v) is 7.89. The first-order chi connectivity index (χ1) is 12.3. The van der Waals surface area contributed by atoms with Crippen molar-refractivity contribution in [3.63, 3.8) is 0 Å². The van der Waals surface area contributed by atoms with Gasteiger partial charge in [0, 0.05) is 41.2 Å². The number of carboxylic acids is 1. The Hall–Kier alpha value is -1.09. The van der Waals surface area contributed by atoms with Gasteiger partial charge >= 0.3 is 5.97 Å². The zero-order valence-electron chi connectivity index (χ0n) is 15.2. The molecule has 0 radical (unpaired) electrons. The summed E-state index contributed by atoms with van der Waals surface area (Å²) < 4.78 is 0. The number of hydrogen-bond donors (Lipinski definition) is 3. The number of carbonyl (C=O) groups excluding carboxylic acids is 1. The van der Waals surface area contributed by atoms with Crippen LogP contribution in [0.25, 0.3) is 0 Å². The summed E-state index contributed by atoms with van der Waals surface area (Å²) in [6.45, 7) is 5.48. The van der Waals surface area contributed by atoms with Crippen LogP contribution in [0.15, 0.2) is 10.6 Å². The first-order valence-electron chi connectivity index (χ1n) is 9.44. The van der Waals surface area contributed by atoms with Gasteiger partial charge in [-0.1, -0.05) is 6.92 Å². The minimum absolute atomic E-state index is 0.0441. The van der Waals surface area contributed by atoms with Crippen molar-refractivity contribution in [1.82, 2.24) is 9.80 Å². The average Bonchev–Trinajstić information content (AvgIpc) is 3.03. The summed E-state index contributed by atoms with van der Waals surface area (Å²) in [7, 11) is 0. The van der Waals surface area contributed by atoms with Crippen LogP contribution >= 0.6 is 11.8 Å². The molecule has 4 aliphatic rings. The van der Waals surface area contributed by atoms with Crippen LogP contribution in [0.1, 0.15) is 33.1 Å². The number of carbonyl (C=O) groups is 2. The summed E-state index contributed by atoms with van der Waals surface area (Å²) in [6, 6.07) is 0.659. The summed E-state index contributed by atoms with van der Waals surface area (Å²) in [5.41, 5.74) is 6.14. The number of aliphatic hydroxyl groups is 1. The van der Waals surface area contributed by atoms with Crippen LogP contribution in [0.5, 0.6) is 0 Å². The molecular weight excluding hydrogens is 354 g/mol. The zero-order chi connectivity index (χ0) is 18.7. The second kappa shape index (κ2) is 6.51. The van der Waals surface area contributed by atoms with E-state index in [2.05, 4.69) is 4.90 Å². The lowest BCUT2D eigenvalue weighted by molar-refractivity contribution is -0.163. The van der Waals surface area contributed by atoms with Crippen molar-refractivity contribution in [2.24, 2.45) is 17.6 Å². The number of carboxylic acid groups (broad SMARTS) is 1. The van der Waals surface area contributed by atoms with E-state index in [0.717, 1.165) is 37.3 Å². The Morgan fingerprint density at radius 2 is 2.04 bits per heavy atom. The molecule has 0 bridgehead atoms. The number of nitrogens with two attached hydrogens (primary N) is 1. The summed E-state index contributed by atoms with van der Waals surface area (Å²) in [5.74, 6) is -1.84. The Kier molecular flexibility index (Phi) is 4.58. The maximum absolute atomic E-state index is 12.4. The number of nitrogens with zero attached hydrogens (tertiary/aromatic N) is 2. The largest absolute Gasteiger partial charge is 0.477 e. The Labute approximate surface area is 157 Å². The molecule has 1 amide bonds. The molecule has 0 unspecified atom stereocenters. The number of amides is 1. The molecule has 4 N–H and O–H groups in total. The van der Waals surface area contributed by atoms with Gasteiger partial charge in [-0.25, -0.2) is 4.79 Å². The van der Waals surface area contributed by atoms with E-state index in [0.29, 0.717) is 17.3 Å². The standard InChI is InChI=1S/C18H27N3O4S/c1-8-14-13(9(2)22)17(23)21(14)15(18(24)25)16(8)26-12-6-20(7-12)11-4-3-10(19)5-11/h8-14,22H,3-7,19H2,1-2H3,(H,24,25)/t8-,9-,10-,11-,13-,14-/m1/s1. The molecule has 26 heavy (non-hydrogen) atoms. The molecule has 0 aromatic carbocycles. The van der Waals surface area contributed by atoms with Gasteiger partial charge in [-0.15, -0.1) is 11.8 Å². The molecule has 3 fully saturated rings. The van der Waals surface area contributed by atoms with Crippen LogP contribution in [0, 0.1) is 11.8 Å². The zero-order valence-corrected chi connectivity index (χ0v) is 16.0. The second-order valence-electron chi connectivity index (χ2n) is 8.19. The highest BCUT2D eigenvalue weighted by atomic mass is 32.2. The third kappa shape index (κ3) is 2.69. The molecule has 3 heterocycles. The highest BCUT2D eigenvalue weighted by Crippen LogP contribution is 2.52. The van der Waals surface area contributed by atoms with Gasteiger partial charge in [-0.05, 0) is 26.2 Å². The van der Waals surface area contributed by atoms with Gasteiger partial charge in [-0.3, -0.25) is 9.69 Å². The summed E-state index contributed by atoms with van der Waals surface area (Å²) >= 11 is 1.62. The maximum atomic E-state index is 12.4. The van der Waals surface area contributed by atoms with Crippen molar-refractivity contribution in [1.29, 1.82) is 0 Å². The number of likely N-dealkylation sites (tertiary alicyclic amines) is 1. The highest BCUT2D eigenvalue weighted by molar-refractivity contribution is 8.03. The minimum atomic E-state index is -1.04. The molecule has 0 aromatic rings. The SMILES string of the molecule is C[C@@H](O)[C@H]1C(=O)N2C(C(=O)O)=C(SC3CN([C@@H]4CC[C@@H](N)C4)C3)[C@H](C)[C@H]12. The van der Waals surface area contributed by atoms with E-state index in [1.807, 2.05) is 6.92 Å². The average molecular weight is 381 g/mol. The van der Waals surface area contributed by atoms with E-state index in [9.17, 15) is 19.8 Å². The number of hydrogen-bond acceptors (Lipinski definition) is 6. The second-order valence-corrected chi connectivity index (χ2v) is 9.53. The molecule has 6 atom stereocenters. The van der Waals surface area contributed by atoms with E-state index in [4.69, 9.17) is 5.73 Å². The fraction of sp³-hybridized carbons (Fsp3) is 0.778. The van der Waals surface area contributed by atoms with E-state index in [-0.39, 0.29) is 23.6 Å². The van der Waals surface area contributed by atoms with E-state index in [1.54, 1.807) is 18.7 Å². The molecule has 8 heteroatoms. The molecule has 1 aliphatic carbocycles. The normalized spacial score (nSPS) is 39.0. The lowest BCUT2D eigenvalue weighted by Gasteiger charge is -2.46. The minimum Gasteiger partial charge on any atom is -0.477 e. The predicted octanol–water partition coefficient (Wildman–Crippen LogP) is 0.437. The molecule has 2 saturated heterocycles. The fourth-order valence-corrected chi connectivity index (χ4v) is 6.57. The first kappa shape index (κ1) is 18.3. The molecular formula is C18H27N3O4S. The predicted molar refractivity (Wildman–Crippen MR) is 98.2 cm³/mol. The molecule has 0 spiro atoms.